The first-order valence-corrected chi connectivity index (χ1v) is 20.2. The van der Waals surface area contributed by atoms with Gasteiger partial charge in [-0.1, -0.05) is 74.4 Å². The highest BCUT2D eigenvalue weighted by atomic mass is 79.9. The second-order valence-corrected chi connectivity index (χ2v) is 21.4. The maximum Gasteiger partial charge on any atom is 0.268 e. The van der Waals surface area contributed by atoms with Gasteiger partial charge in [0, 0.05) is 10.8 Å². The lowest BCUT2D eigenvalue weighted by atomic mass is 10.1. The Morgan fingerprint density at radius 2 is 1.29 bits per heavy atom. The van der Waals surface area contributed by atoms with Crippen LogP contribution in [-0.2, 0) is 19.9 Å². The van der Waals surface area contributed by atoms with Gasteiger partial charge in [0.25, 0.3) is 18.3 Å². The molecule has 1 aromatic heterocycles. The lowest BCUT2D eigenvalue weighted by Crippen LogP contribution is -2.44. The second-order valence-electron chi connectivity index (χ2n) is 12.2. The van der Waals surface area contributed by atoms with Gasteiger partial charge in [0.15, 0.2) is 0 Å². The third kappa shape index (κ3) is 5.02. The van der Waals surface area contributed by atoms with Crippen LogP contribution in [0.4, 0.5) is 0 Å². The zero-order valence-corrected chi connectivity index (χ0v) is 28.9. The van der Waals surface area contributed by atoms with Crippen LogP contribution >= 0.6 is 15.9 Å². The normalized spacial score (nSPS) is 13.1. The van der Waals surface area contributed by atoms with Gasteiger partial charge >= 0.3 is 0 Å². The van der Waals surface area contributed by atoms with Crippen LogP contribution < -0.4 is 4.43 Å². The highest BCUT2D eigenvalue weighted by Gasteiger charge is 2.42. The van der Waals surface area contributed by atoms with E-state index in [-0.39, 0.29) is 31.0 Å². The second kappa shape index (κ2) is 10.4. The summed E-state index contributed by atoms with van der Waals surface area (Å²) in [5.41, 5.74) is 2.48. The minimum Gasteiger partial charge on any atom is -0.542 e. The van der Waals surface area contributed by atoms with Crippen LogP contribution in [-0.4, -0.2) is 29.1 Å². The monoisotopic (exact) mass is 683 g/mol. The maximum absolute atomic E-state index is 14.6. The van der Waals surface area contributed by atoms with E-state index in [4.69, 9.17) is 4.43 Å². The molecule has 4 aromatic carbocycles. The van der Waals surface area contributed by atoms with Crippen LogP contribution in [0.3, 0.4) is 0 Å². The van der Waals surface area contributed by atoms with E-state index in [2.05, 4.69) is 49.8 Å². The lowest BCUT2D eigenvalue weighted by Gasteiger charge is -2.37. The zero-order valence-electron chi connectivity index (χ0n) is 24.7. The van der Waals surface area contributed by atoms with Crippen molar-refractivity contribution in [1.29, 1.82) is 0 Å². The largest absolute Gasteiger partial charge is 0.542 e. The van der Waals surface area contributed by atoms with E-state index in [1.165, 1.54) is 3.97 Å². The zero-order chi connectivity index (χ0) is 30.8. The van der Waals surface area contributed by atoms with Crippen LogP contribution in [0.1, 0.15) is 31.9 Å². The van der Waals surface area contributed by atoms with E-state index in [0.717, 1.165) is 11.1 Å². The average Bonchev–Trinajstić information content (AvgIpc) is 3.22. The Labute approximate surface area is 257 Å². The van der Waals surface area contributed by atoms with Crippen LogP contribution in [0.15, 0.2) is 98.0 Å². The van der Waals surface area contributed by atoms with Crippen molar-refractivity contribution in [3.05, 3.63) is 94.5 Å². The van der Waals surface area contributed by atoms with Gasteiger partial charge in [0.2, 0.25) is 9.84 Å². The van der Waals surface area contributed by atoms with Gasteiger partial charge < -0.3 is 4.43 Å². The molecular weight excluding hydrogens is 650 g/mol. The van der Waals surface area contributed by atoms with E-state index in [0.29, 0.717) is 20.8 Å². The molecule has 0 saturated heterocycles. The van der Waals surface area contributed by atoms with Crippen molar-refractivity contribution < 1.29 is 21.3 Å². The molecule has 0 aliphatic carbocycles. The molecule has 10 heteroatoms. The van der Waals surface area contributed by atoms with Gasteiger partial charge in [0.05, 0.1) is 25.3 Å². The third-order valence-electron chi connectivity index (χ3n) is 8.10. The van der Waals surface area contributed by atoms with Gasteiger partial charge in [-0.3, -0.25) is 0 Å². The summed E-state index contributed by atoms with van der Waals surface area (Å²) in [5, 5.41) is 0.579. The molecule has 0 unspecified atom stereocenters. The van der Waals surface area contributed by atoms with Gasteiger partial charge in [-0.2, -0.15) is 0 Å². The number of benzene rings is 4. The molecule has 0 amide bonds. The fourth-order valence-electron chi connectivity index (χ4n) is 4.68. The van der Waals surface area contributed by atoms with Crippen molar-refractivity contribution >= 4 is 65.9 Å². The SMILES string of the molecule is Cc1ccc(S(=O)(=O)c2c(O[Si](C)(C)C(C)(C)C)c(Br)cc3c2c2ccccc2n3S(=O)(=O)c2ccc(C)cc2)cc1. The summed E-state index contributed by atoms with van der Waals surface area (Å²) in [7, 11) is -10.9. The van der Waals surface area contributed by atoms with Gasteiger partial charge in [0.1, 0.15) is 10.6 Å². The first-order valence-electron chi connectivity index (χ1n) is 13.6. The molecule has 42 heavy (non-hydrogen) atoms. The molecule has 6 nitrogen and oxygen atoms in total. The minimum absolute atomic E-state index is 0.0467. The Morgan fingerprint density at radius 1 is 0.762 bits per heavy atom. The van der Waals surface area contributed by atoms with Gasteiger partial charge in [-0.15, -0.1) is 0 Å². The molecule has 0 aliphatic rings. The number of sulfone groups is 1. The highest BCUT2D eigenvalue weighted by Crippen LogP contribution is 2.49. The van der Waals surface area contributed by atoms with E-state index in [9.17, 15) is 16.8 Å². The fraction of sp³-hybridized carbons (Fsp3) is 0.250. The number of para-hydroxylation sites is 1. The summed E-state index contributed by atoms with van der Waals surface area (Å²) in [6.07, 6.45) is 0. The summed E-state index contributed by atoms with van der Waals surface area (Å²) in [6.45, 7) is 14.1. The molecular formula is C32H34BrNO5S2Si. The molecule has 0 atom stereocenters. The van der Waals surface area contributed by atoms with E-state index >= 15 is 0 Å². The molecule has 0 bridgehead atoms. The highest BCUT2D eigenvalue weighted by molar-refractivity contribution is 9.10. The van der Waals surface area contributed by atoms with Crippen LogP contribution in [0.2, 0.25) is 18.1 Å². The topological polar surface area (TPSA) is 82.4 Å². The summed E-state index contributed by atoms with van der Waals surface area (Å²) in [4.78, 5) is 0.164. The van der Waals surface area contributed by atoms with Crippen LogP contribution in [0.25, 0.3) is 21.8 Å². The number of hydrogen-bond acceptors (Lipinski definition) is 5. The molecule has 0 fully saturated rings. The molecule has 5 rings (SSSR count). The first kappa shape index (κ1) is 30.5. The molecule has 0 aliphatic heterocycles. The molecule has 0 saturated carbocycles. The number of aryl methyl sites for hydroxylation is 2. The first-order chi connectivity index (χ1) is 19.5. The Morgan fingerprint density at radius 3 is 1.83 bits per heavy atom. The van der Waals surface area contributed by atoms with E-state index in [1.54, 1.807) is 78.9 Å². The lowest BCUT2D eigenvalue weighted by molar-refractivity contribution is 0.479. The van der Waals surface area contributed by atoms with Crippen molar-refractivity contribution in [2.75, 3.05) is 0 Å². The van der Waals surface area contributed by atoms with Crippen molar-refractivity contribution in [2.24, 2.45) is 0 Å². The Hall–Kier alpha value is -2.92. The van der Waals surface area contributed by atoms with Crippen molar-refractivity contribution in [1.82, 2.24) is 3.97 Å². The molecule has 5 aromatic rings. The molecule has 0 radical (unpaired) electrons. The van der Waals surface area contributed by atoms with E-state index < -0.39 is 28.2 Å². The smallest absolute Gasteiger partial charge is 0.268 e. The number of nitrogens with zero attached hydrogens (tertiary/aromatic N) is 1. The Bertz CT molecular complexity index is 2060. The quantitative estimate of drug-likeness (QED) is 0.167. The molecule has 0 N–H and O–H groups in total. The standard InChI is InChI=1S/C32H34BrNO5S2Si/c1-21-12-16-23(17-13-21)40(35,36)31-29-25-10-8-9-11-27(25)34(41(37,38)24-18-14-22(2)15-19-24)28(29)20-26(33)30(31)39-42(6,7)32(3,4)5/h8-20H,1-7H3. The molecule has 0 spiro atoms. The number of halogens is 1. The molecule has 1 heterocycles. The van der Waals surface area contributed by atoms with E-state index in [1.807, 2.05) is 13.8 Å². The number of fused-ring (bicyclic) bond motifs is 3. The number of aromatic nitrogens is 1. The van der Waals surface area contributed by atoms with Gasteiger partial charge in [-0.05, 0) is 84.3 Å². The van der Waals surface area contributed by atoms with Crippen LogP contribution in [0.5, 0.6) is 5.75 Å². The summed E-state index contributed by atoms with van der Waals surface area (Å²) in [6, 6.07) is 21.9. The predicted molar refractivity (Wildman–Crippen MR) is 175 cm³/mol. The maximum atomic E-state index is 14.6. The minimum atomic E-state index is -4.19. The summed E-state index contributed by atoms with van der Waals surface area (Å²) in [5.74, 6) is 0.199. The van der Waals surface area contributed by atoms with Crippen molar-refractivity contribution in [2.45, 2.75) is 67.4 Å². The van der Waals surface area contributed by atoms with Crippen molar-refractivity contribution in [3.8, 4) is 5.75 Å². The average molecular weight is 685 g/mol. The third-order valence-corrected chi connectivity index (χ3v) is 16.6. The van der Waals surface area contributed by atoms with Crippen LogP contribution in [0, 0.1) is 13.8 Å². The molecule has 220 valence electrons. The summed E-state index contributed by atoms with van der Waals surface area (Å²) >= 11 is 3.61. The predicted octanol–water partition coefficient (Wildman–Crippen LogP) is 8.63. The number of rotatable bonds is 6. The van der Waals surface area contributed by atoms with Gasteiger partial charge in [-0.25, -0.2) is 20.8 Å². The fourth-order valence-corrected chi connectivity index (χ4v) is 9.68. The Kier molecular flexibility index (Phi) is 7.53. The van der Waals surface area contributed by atoms with Crippen molar-refractivity contribution in [3.63, 3.8) is 0 Å². The Balaban J connectivity index is 1.98. The number of hydrogen-bond donors (Lipinski definition) is 0. The summed E-state index contributed by atoms with van der Waals surface area (Å²) < 4.78 is 66.1.